The van der Waals surface area contributed by atoms with Crippen LogP contribution in [0.2, 0.25) is 5.02 Å². The summed E-state index contributed by atoms with van der Waals surface area (Å²) in [6.45, 7) is 2.85. The first-order chi connectivity index (χ1) is 18.7. The third-order valence-corrected chi connectivity index (χ3v) is 7.11. The van der Waals surface area contributed by atoms with Gasteiger partial charge in [0.05, 0.1) is 5.56 Å². The van der Waals surface area contributed by atoms with Crippen LogP contribution in [0, 0.1) is 0 Å². The van der Waals surface area contributed by atoms with Crippen LogP contribution in [0.5, 0.6) is 11.5 Å². The van der Waals surface area contributed by atoms with Crippen LogP contribution in [0.25, 0.3) is 0 Å². The van der Waals surface area contributed by atoms with Crippen LogP contribution >= 0.6 is 11.6 Å². The molecule has 0 saturated carbocycles. The Kier molecular flexibility index (Phi) is 6.82. The van der Waals surface area contributed by atoms with E-state index in [1.165, 1.54) is 0 Å². The van der Waals surface area contributed by atoms with Crippen molar-refractivity contribution in [2.45, 2.75) is 6.04 Å². The molecule has 38 heavy (non-hydrogen) atoms. The Labute approximate surface area is 227 Å². The standard InChI is InChI=1S/C31H27ClN4O2/c32-23-11-8-12-24(21-23)33-31(37)29(22-9-2-1-3-10-22)35-17-19-36(20-18-35)30-25-13-4-6-15-27(25)38-28-16-7-5-14-26(28)34-30/h1-16,21,29H,17-20H2,(H,33,37). The number of fused-ring (bicyclic) bond motifs is 2. The molecule has 0 bridgehead atoms. The van der Waals surface area contributed by atoms with Gasteiger partial charge in [0.2, 0.25) is 5.91 Å². The second-order valence-electron chi connectivity index (χ2n) is 9.34. The number of amides is 1. The van der Waals surface area contributed by atoms with E-state index in [-0.39, 0.29) is 5.91 Å². The van der Waals surface area contributed by atoms with E-state index in [0.717, 1.165) is 47.2 Å². The zero-order valence-corrected chi connectivity index (χ0v) is 21.5. The number of ether oxygens (including phenoxy) is 1. The van der Waals surface area contributed by atoms with Crippen LogP contribution in [0.4, 0.5) is 11.4 Å². The fourth-order valence-electron chi connectivity index (χ4n) is 5.04. The molecular formula is C31H27ClN4O2. The lowest BCUT2D eigenvalue weighted by atomic mass is 10.0. The maximum Gasteiger partial charge on any atom is 0.246 e. The van der Waals surface area contributed by atoms with E-state index in [1.807, 2.05) is 84.9 Å². The summed E-state index contributed by atoms with van der Waals surface area (Å²) in [6, 6.07) is 32.6. The van der Waals surface area contributed by atoms with Gasteiger partial charge in [0.15, 0.2) is 5.75 Å². The third-order valence-electron chi connectivity index (χ3n) is 6.87. The first-order valence-corrected chi connectivity index (χ1v) is 13.1. The van der Waals surface area contributed by atoms with Crippen LogP contribution in [0.3, 0.4) is 0 Å². The van der Waals surface area contributed by atoms with Gasteiger partial charge in [0, 0.05) is 36.9 Å². The minimum atomic E-state index is -0.426. The van der Waals surface area contributed by atoms with Crippen LogP contribution < -0.4 is 10.1 Å². The number of hydrogen-bond donors (Lipinski definition) is 1. The number of carbonyl (C=O) groups is 1. The smallest absolute Gasteiger partial charge is 0.246 e. The molecule has 0 aliphatic carbocycles. The number of anilines is 1. The van der Waals surface area contributed by atoms with Gasteiger partial charge in [0.25, 0.3) is 0 Å². The molecule has 6 rings (SSSR count). The highest BCUT2D eigenvalue weighted by Crippen LogP contribution is 2.38. The topological polar surface area (TPSA) is 57.2 Å². The van der Waals surface area contributed by atoms with Gasteiger partial charge in [-0.15, -0.1) is 0 Å². The Morgan fingerprint density at radius 3 is 2.32 bits per heavy atom. The zero-order valence-electron chi connectivity index (χ0n) is 20.8. The van der Waals surface area contributed by atoms with Crippen molar-refractivity contribution in [3.05, 3.63) is 119 Å². The quantitative estimate of drug-likeness (QED) is 0.331. The van der Waals surface area contributed by atoms with E-state index >= 15 is 0 Å². The predicted molar refractivity (Wildman–Crippen MR) is 152 cm³/mol. The van der Waals surface area contributed by atoms with E-state index in [2.05, 4.69) is 21.2 Å². The largest absolute Gasteiger partial charge is 0.454 e. The Hall–Kier alpha value is -4.13. The Bertz CT molecular complexity index is 1480. The van der Waals surface area contributed by atoms with Crippen molar-refractivity contribution >= 4 is 34.7 Å². The van der Waals surface area contributed by atoms with Gasteiger partial charge in [-0.25, -0.2) is 4.99 Å². The minimum absolute atomic E-state index is 0.0774. The number of amidine groups is 1. The lowest BCUT2D eigenvalue weighted by molar-refractivity contribution is -0.122. The lowest BCUT2D eigenvalue weighted by Crippen LogP contribution is -2.51. The molecule has 2 heterocycles. The molecule has 1 saturated heterocycles. The van der Waals surface area contributed by atoms with Gasteiger partial charge < -0.3 is 15.0 Å². The highest BCUT2D eigenvalue weighted by atomic mass is 35.5. The highest BCUT2D eigenvalue weighted by molar-refractivity contribution is 6.30. The predicted octanol–water partition coefficient (Wildman–Crippen LogP) is 6.52. The molecule has 1 fully saturated rings. The number of aliphatic imine (C=N–C) groups is 1. The maximum atomic E-state index is 13.6. The molecule has 0 aromatic heterocycles. The molecule has 1 N–H and O–H groups in total. The molecule has 2 aliphatic rings. The number of hydrogen-bond acceptors (Lipinski definition) is 5. The summed E-state index contributed by atoms with van der Waals surface area (Å²) in [6.07, 6.45) is 0. The average molecular weight is 523 g/mol. The number of nitrogens with zero attached hydrogens (tertiary/aromatic N) is 3. The van der Waals surface area contributed by atoms with E-state index in [4.69, 9.17) is 21.3 Å². The molecule has 2 aliphatic heterocycles. The van der Waals surface area contributed by atoms with E-state index < -0.39 is 6.04 Å². The number of rotatable bonds is 4. The van der Waals surface area contributed by atoms with Crippen LogP contribution in [0.1, 0.15) is 17.2 Å². The fourth-order valence-corrected chi connectivity index (χ4v) is 5.23. The Balaban J connectivity index is 1.26. The summed E-state index contributed by atoms with van der Waals surface area (Å²) in [5, 5.41) is 3.65. The second-order valence-corrected chi connectivity index (χ2v) is 9.77. The number of piperazine rings is 1. The van der Waals surface area contributed by atoms with Gasteiger partial charge in [-0.3, -0.25) is 9.69 Å². The van der Waals surface area contributed by atoms with Gasteiger partial charge in [-0.1, -0.05) is 72.3 Å². The molecule has 4 aromatic carbocycles. The van der Waals surface area contributed by atoms with Gasteiger partial charge in [0.1, 0.15) is 23.3 Å². The van der Waals surface area contributed by atoms with Gasteiger partial charge >= 0.3 is 0 Å². The van der Waals surface area contributed by atoms with Crippen LogP contribution in [0.15, 0.2) is 108 Å². The summed E-state index contributed by atoms with van der Waals surface area (Å²) >= 11 is 6.16. The second kappa shape index (κ2) is 10.7. The number of benzene rings is 4. The fraction of sp³-hybridized carbons (Fsp3) is 0.161. The summed E-state index contributed by atoms with van der Waals surface area (Å²) in [4.78, 5) is 23.2. The average Bonchev–Trinajstić information content (AvgIpc) is 3.11. The molecule has 0 radical (unpaired) electrons. The summed E-state index contributed by atoms with van der Waals surface area (Å²) in [5.74, 6) is 2.35. The molecule has 0 spiro atoms. The van der Waals surface area contributed by atoms with Crippen molar-refractivity contribution in [2.75, 3.05) is 31.5 Å². The summed E-state index contributed by atoms with van der Waals surface area (Å²) < 4.78 is 6.22. The van der Waals surface area contributed by atoms with Crippen molar-refractivity contribution in [1.82, 2.24) is 9.80 Å². The molecular weight excluding hydrogens is 496 g/mol. The van der Waals surface area contributed by atoms with E-state index in [0.29, 0.717) is 23.8 Å². The first-order valence-electron chi connectivity index (χ1n) is 12.7. The number of para-hydroxylation sites is 3. The highest BCUT2D eigenvalue weighted by Gasteiger charge is 2.32. The normalized spacial score (nSPS) is 15.8. The van der Waals surface area contributed by atoms with Crippen molar-refractivity contribution in [3.63, 3.8) is 0 Å². The molecule has 1 amide bonds. The SMILES string of the molecule is O=C(Nc1cccc(Cl)c1)C(c1ccccc1)N1CCN(C2=Nc3ccccc3Oc3ccccc32)CC1. The number of nitrogens with one attached hydrogen (secondary N) is 1. The molecule has 4 aromatic rings. The Morgan fingerprint density at radius 2 is 1.53 bits per heavy atom. The molecule has 6 nitrogen and oxygen atoms in total. The molecule has 7 heteroatoms. The lowest BCUT2D eigenvalue weighted by Gasteiger charge is -2.40. The first kappa shape index (κ1) is 24.2. The van der Waals surface area contributed by atoms with Crippen molar-refractivity contribution in [3.8, 4) is 11.5 Å². The molecule has 1 unspecified atom stereocenters. The summed E-state index contributed by atoms with van der Waals surface area (Å²) in [7, 11) is 0. The third kappa shape index (κ3) is 5.01. The molecule has 1 atom stereocenters. The van der Waals surface area contributed by atoms with Crippen molar-refractivity contribution in [1.29, 1.82) is 0 Å². The van der Waals surface area contributed by atoms with E-state index in [9.17, 15) is 4.79 Å². The van der Waals surface area contributed by atoms with E-state index in [1.54, 1.807) is 12.1 Å². The Morgan fingerprint density at radius 1 is 0.816 bits per heavy atom. The van der Waals surface area contributed by atoms with Crippen LogP contribution in [-0.2, 0) is 4.79 Å². The van der Waals surface area contributed by atoms with Crippen LogP contribution in [-0.4, -0.2) is 47.7 Å². The maximum absolute atomic E-state index is 13.6. The van der Waals surface area contributed by atoms with Gasteiger partial charge in [-0.05, 0) is 48.0 Å². The molecule has 190 valence electrons. The number of halogens is 1. The number of carbonyl (C=O) groups excluding carboxylic acids is 1. The van der Waals surface area contributed by atoms with Crippen molar-refractivity contribution < 1.29 is 9.53 Å². The minimum Gasteiger partial charge on any atom is -0.454 e. The summed E-state index contributed by atoms with van der Waals surface area (Å²) in [5.41, 5.74) is 3.42. The van der Waals surface area contributed by atoms with Gasteiger partial charge in [-0.2, -0.15) is 0 Å². The van der Waals surface area contributed by atoms with Crippen molar-refractivity contribution in [2.24, 2.45) is 4.99 Å². The zero-order chi connectivity index (χ0) is 25.9. The monoisotopic (exact) mass is 522 g/mol.